The van der Waals surface area contributed by atoms with Gasteiger partial charge in [0.15, 0.2) is 17.8 Å². The number of ether oxygens (including phenoxy) is 1. The number of rotatable bonds is 8. The number of halogens is 1. The van der Waals surface area contributed by atoms with Crippen molar-refractivity contribution >= 4 is 41.9 Å². The monoisotopic (exact) mass is 543 g/mol. The van der Waals surface area contributed by atoms with E-state index in [-0.39, 0.29) is 5.84 Å². The summed E-state index contributed by atoms with van der Waals surface area (Å²) in [4.78, 5) is 40.2. The number of hydrogen-bond acceptors (Lipinski definition) is 13. The molecule has 0 aromatic heterocycles. The molecule has 8 N–H and O–H groups in total. The van der Waals surface area contributed by atoms with Gasteiger partial charge in [-0.3, -0.25) is 4.52 Å². The van der Waals surface area contributed by atoms with Crippen molar-refractivity contribution in [1.82, 2.24) is 4.90 Å². The molecular weight excluding hydrogens is 526 g/mol. The number of nitrogens with zero attached hydrogens (tertiary/aromatic N) is 2. The summed E-state index contributed by atoms with van der Waals surface area (Å²) in [6.07, 6.45) is 3.02. The highest BCUT2D eigenvalue weighted by Gasteiger charge is 2.66. The number of phosphoric acid groups is 3. The summed E-state index contributed by atoms with van der Waals surface area (Å²) in [5.74, 6) is -1.79. The van der Waals surface area contributed by atoms with Crippen molar-refractivity contribution in [2.75, 3.05) is 6.61 Å². The van der Waals surface area contributed by atoms with Crippen LogP contribution in [0.25, 0.3) is 0 Å². The van der Waals surface area contributed by atoms with Crippen LogP contribution in [0, 0.1) is 12.3 Å². The Bertz CT molecular complexity index is 1000. The van der Waals surface area contributed by atoms with Gasteiger partial charge in [0.1, 0.15) is 12.4 Å². The Morgan fingerprint density at radius 2 is 1.91 bits per heavy atom. The number of aliphatic hydroxyl groups is 2. The Kier molecular flexibility index (Phi) is 7.76. The van der Waals surface area contributed by atoms with E-state index in [0.717, 1.165) is 11.1 Å². The van der Waals surface area contributed by atoms with E-state index in [1.54, 1.807) is 5.92 Å². The second kappa shape index (κ2) is 9.06. The zero-order chi connectivity index (χ0) is 24.8. The molecule has 4 unspecified atom stereocenters. The maximum absolute atomic E-state index is 15.3. The molecule has 0 aromatic rings. The number of terminal acetylenes is 1. The van der Waals surface area contributed by atoms with E-state index in [1.807, 2.05) is 0 Å². The fourth-order valence-electron chi connectivity index (χ4n) is 2.51. The first-order chi connectivity index (χ1) is 14.3. The Labute approximate surface area is 184 Å². The fraction of sp³-hybridized carbons (Fsp3) is 0.545. The average Bonchev–Trinajstić information content (AvgIpc) is 2.80. The molecule has 32 heavy (non-hydrogen) atoms. The van der Waals surface area contributed by atoms with Crippen LogP contribution in [0.5, 0.6) is 0 Å². The van der Waals surface area contributed by atoms with Gasteiger partial charge in [-0.15, -0.1) is 19.1 Å². The summed E-state index contributed by atoms with van der Waals surface area (Å²) in [6.45, 7) is -1.74. The number of thiol groups is 1. The number of phosphoric ester groups is 1. The molecule has 0 saturated carbocycles. The molecule has 2 aliphatic rings. The van der Waals surface area contributed by atoms with Gasteiger partial charge in [0.05, 0.1) is 0 Å². The minimum absolute atomic E-state index is 0.00298. The SMILES string of the molecule is C#CC1(O)[C@@H](O)[C@@](F)(COP(=O)(O)OP(=O)(O)OP(=O)(O)O)O[C@H]1N1C=CC(N)=NC1S. The molecule has 1 fully saturated rings. The summed E-state index contributed by atoms with van der Waals surface area (Å²) in [5, 5.41) is 20.8. The fourth-order valence-corrected chi connectivity index (χ4v) is 5.87. The maximum Gasteiger partial charge on any atom is 0.490 e. The van der Waals surface area contributed by atoms with E-state index in [4.69, 9.17) is 31.6 Å². The molecule has 2 heterocycles. The predicted octanol–water partition coefficient (Wildman–Crippen LogP) is -1.52. The normalized spacial score (nSPS) is 36.8. The molecule has 0 spiro atoms. The van der Waals surface area contributed by atoms with Crippen LogP contribution in [0.4, 0.5) is 4.39 Å². The second-order valence-electron chi connectivity index (χ2n) is 6.16. The third-order valence-corrected chi connectivity index (χ3v) is 7.97. The summed E-state index contributed by atoms with van der Waals surface area (Å²) in [6, 6.07) is 0. The molecule has 0 bridgehead atoms. The molecule has 0 aliphatic carbocycles. The highest BCUT2D eigenvalue weighted by molar-refractivity contribution is 7.80. The van der Waals surface area contributed by atoms with E-state index in [0.29, 0.717) is 0 Å². The van der Waals surface area contributed by atoms with Gasteiger partial charge < -0.3 is 45.2 Å². The lowest BCUT2D eigenvalue weighted by Crippen LogP contribution is -2.55. The second-order valence-corrected chi connectivity index (χ2v) is 11.0. The van der Waals surface area contributed by atoms with E-state index < -0.39 is 59.4 Å². The number of hydrogen-bond donors (Lipinski definition) is 8. The number of nitrogens with two attached hydrogens (primary N) is 1. The van der Waals surface area contributed by atoms with Crippen molar-refractivity contribution in [2.24, 2.45) is 10.7 Å². The lowest BCUT2D eigenvalue weighted by atomic mass is 9.93. The van der Waals surface area contributed by atoms with Gasteiger partial charge in [0.2, 0.25) is 5.60 Å². The molecule has 182 valence electrons. The zero-order valence-corrected chi connectivity index (χ0v) is 18.9. The molecule has 0 radical (unpaired) electrons. The zero-order valence-electron chi connectivity index (χ0n) is 15.4. The van der Waals surface area contributed by atoms with Crippen LogP contribution in [0.15, 0.2) is 17.3 Å². The molecule has 7 atom stereocenters. The first kappa shape index (κ1) is 27.4. The number of amidine groups is 1. The molecule has 2 rings (SSSR count). The van der Waals surface area contributed by atoms with E-state index in [1.165, 1.54) is 6.08 Å². The van der Waals surface area contributed by atoms with Gasteiger partial charge in [-0.05, 0) is 6.08 Å². The third-order valence-electron chi connectivity index (χ3n) is 3.80. The maximum atomic E-state index is 15.3. The Balaban J connectivity index is 2.20. The molecule has 21 heteroatoms. The molecular formula is C11H17FN3O13P3S. The summed E-state index contributed by atoms with van der Waals surface area (Å²) in [7, 11) is -17.3. The first-order valence-electron chi connectivity index (χ1n) is 7.84. The van der Waals surface area contributed by atoms with E-state index in [9.17, 15) is 28.8 Å². The van der Waals surface area contributed by atoms with Crippen LogP contribution in [0.3, 0.4) is 0 Å². The van der Waals surface area contributed by atoms with Gasteiger partial charge in [0.25, 0.3) is 5.85 Å². The topological polar surface area (TPSA) is 251 Å². The Morgan fingerprint density at radius 3 is 2.41 bits per heavy atom. The van der Waals surface area contributed by atoms with Crippen molar-refractivity contribution in [3.8, 4) is 12.3 Å². The largest absolute Gasteiger partial charge is 0.490 e. The van der Waals surface area contributed by atoms with Gasteiger partial charge in [-0.1, -0.05) is 5.92 Å². The molecule has 2 aliphatic heterocycles. The van der Waals surface area contributed by atoms with Crippen molar-refractivity contribution in [3.05, 3.63) is 12.3 Å². The minimum atomic E-state index is -5.88. The van der Waals surface area contributed by atoms with E-state index >= 15 is 4.39 Å². The molecule has 0 aromatic carbocycles. The van der Waals surface area contributed by atoms with Crippen LogP contribution in [0.1, 0.15) is 0 Å². The van der Waals surface area contributed by atoms with Crippen LogP contribution in [-0.4, -0.2) is 76.4 Å². The van der Waals surface area contributed by atoms with Gasteiger partial charge in [-0.2, -0.15) is 8.62 Å². The van der Waals surface area contributed by atoms with E-state index in [2.05, 4.69) is 30.8 Å². The van der Waals surface area contributed by atoms with Crippen LogP contribution < -0.4 is 5.73 Å². The number of aliphatic imine (C=N–C) groups is 1. The summed E-state index contributed by atoms with van der Waals surface area (Å²) >= 11 is 4.04. The third kappa shape index (κ3) is 6.17. The average molecular weight is 543 g/mol. The first-order valence-corrected chi connectivity index (χ1v) is 12.9. The predicted molar refractivity (Wildman–Crippen MR) is 104 cm³/mol. The van der Waals surface area contributed by atoms with Gasteiger partial charge >= 0.3 is 23.5 Å². The highest BCUT2D eigenvalue weighted by Crippen LogP contribution is 2.66. The smallest absolute Gasteiger partial charge is 0.384 e. The molecule has 16 nitrogen and oxygen atoms in total. The molecule has 0 amide bonds. The minimum Gasteiger partial charge on any atom is -0.384 e. The number of aliphatic hydroxyl groups excluding tert-OH is 1. The van der Waals surface area contributed by atoms with Crippen molar-refractivity contribution in [3.63, 3.8) is 0 Å². The highest BCUT2D eigenvalue weighted by atomic mass is 32.1. The van der Waals surface area contributed by atoms with Gasteiger partial charge in [0, 0.05) is 6.20 Å². The summed E-state index contributed by atoms with van der Waals surface area (Å²) < 4.78 is 65.0. The summed E-state index contributed by atoms with van der Waals surface area (Å²) in [5.41, 5.74) is 1.50. The van der Waals surface area contributed by atoms with Crippen LogP contribution in [-0.2, 0) is 31.6 Å². The quantitative estimate of drug-likeness (QED) is 0.0983. The van der Waals surface area contributed by atoms with Crippen molar-refractivity contribution < 1.29 is 65.8 Å². The Hall–Kier alpha value is -0.860. The Morgan fingerprint density at radius 1 is 1.31 bits per heavy atom. The van der Waals surface area contributed by atoms with Crippen molar-refractivity contribution in [1.29, 1.82) is 0 Å². The van der Waals surface area contributed by atoms with Crippen molar-refractivity contribution in [2.45, 2.75) is 29.3 Å². The number of alkyl halides is 1. The lowest BCUT2D eigenvalue weighted by Gasteiger charge is -2.36. The van der Waals surface area contributed by atoms with Crippen LogP contribution in [0.2, 0.25) is 0 Å². The standard InChI is InChI=1S/C11H17FN3O13P3S/c1-2-10(17)7(16)11(12,26-8(10)15-4-3-6(13)14-9(15)32)5-25-30(21,22)28-31(23,24)27-29(18,19)20/h1,3-4,7-9,16-17,32H,5H2,(H2,13,14)(H,21,22)(H,23,24)(H2,18,19,20)/t7-,8-,9?,10?,11-/m1/s1. The lowest BCUT2D eigenvalue weighted by molar-refractivity contribution is -0.210. The molecule has 1 saturated heterocycles. The van der Waals surface area contributed by atoms with Gasteiger partial charge in [-0.25, -0.2) is 23.1 Å². The van der Waals surface area contributed by atoms with Crippen LogP contribution >= 0.6 is 36.1 Å².